The smallest absolute Gasteiger partial charge is 0.358 e. The number of rotatable bonds is 7. The van der Waals surface area contributed by atoms with Gasteiger partial charge in [0.25, 0.3) is 0 Å². The van der Waals surface area contributed by atoms with Gasteiger partial charge in [-0.15, -0.1) is 11.3 Å². The van der Waals surface area contributed by atoms with E-state index in [1.54, 1.807) is 22.7 Å². The zero-order valence-corrected chi connectivity index (χ0v) is 25.9. The Labute approximate surface area is 247 Å². The van der Waals surface area contributed by atoms with Gasteiger partial charge < -0.3 is 19.5 Å². The molecule has 1 fully saturated rings. The van der Waals surface area contributed by atoms with E-state index in [9.17, 15) is 27.9 Å². The number of aromatic nitrogens is 2. The number of carbonyl (C=O) groups is 3. The molecule has 1 amide bonds. The minimum Gasteiger partial charge on any atom is -0.422 e. The van der Waals surface area contributed by atoms with Crippen LogP contribution in [0.3, 0.4) is 0 Å². The lowest BCUT2D eigenvalue weighted by Gasteiger charge is -2.46. The fourth-order valence-electron chi connectivity index (χ4n) is 5.60. The van der Waals surface area contributed by atoms with E-state index in [1.807, 2.05) is 19.1 Å². The molecule has 1 saturated heterocycles. The number of ether oxygens (including phenoxy) is 2. The van der Waals surface area contributed by atoms with Crippen LogP contribution in [0.5, 0.6) is 0 Å². The summed E-state index contributed by atoms with van der Waals surface area (Å²) in [6.45, 7) is 11.0. The predicted octanol–water partition coefficient (Wildman–Crippen LogP) is 3.41. The highest BCUT2D eigenvalue weighted by molar-refractivity contribution is 7.91. The number of aliphatic hydroxyl groups excluding tert-OH is 1. The second-order valence-electron chi connectivity index (χ2n) is 11.9. The van der Waals surface area contributed by atoms with Gasteiger partial charge in [-0.3, -0.25) is 9.20 Å². The molecule has 4 heterocycles. The lowest BCUT2D eigenvalue weighted by atomic mass is 9.77. The maximum atomic E-state index is 13.6. The number of benzene rings is 1. The molecule has 0 bridgehead atoms. The molecule has 224 valence electrons. The second kappa shape index (κ2) is 10.3. The Morgan fingerprint density at radius 3 is 2.29 bits per heavy atom. The predicted molar refractivity (Wildman–Crippen MR) is 154 cm³/mol. The molecular weight excluding hydrogens is 582 g/mol. The van der Waals surface area contributed by atoms with Crippen LogP contribution in [0.2, 0.25) is 0 Å². The summed E-state index contributed by atoms with van der Waals surface area (Å²) in [6, 6.07) is 6.48. The first-order valence-corrected chi connectivity index (χ1v) is 16.2. The van der Waals surface area contributed by atoms with Crippen molar-refractivity contribution in [2.75, 3.05) is 6.26 Å². The first kappa shape index (κ1) is 29.9. The van der Waals surface area contributed by atoms with E-state index in [2.05, 4.69) is 25.8 Å². The maximum Gasteiger partial charge on any atom is 0.358 e. The van der Waals surface area contributed by atoms with Crippen molar-refractivity contribution in [3.05, 3.63) is 58.5 Å². The molecule has 5 atom stereocenters. The summed E-state index contributed by atoms with van der Waals surface area (Å²) < 4.78 is 37.0. The van der Waals surface area contributed by atoms with Crippen LogP contribution in [0.1, 0.15) is 62.3 Å². The second-order valence-corrected chi connectivity index (χ2v) is 14.8. The number of nitrogens with zero attached hydrogens (tertiary/aromatic N) is 3. The number of amides is 1. The summed E-state index contributed by atoms with van der Waals surface area (Å²) >= 11 is 1.12. The Kier molecular flexibility index (Phi) is 7.35. The van der Waals surface area contributed by atoms with Gasteiger partial charge in [-0.1, -0.05) is 39.8 Å². The fourth-order valence-corrected chi connectivity index (χ4v) is 7.95. The van der Waals surface area contributed by atoms with Crippen LogP contribution in [-0.4, -0.2) is 70.3 Å². The summed E-state index contributed by atoms with van der Waals surface area (Å²) in [7, 11) is -3.61. The van der Waals surface area contributed by atoms with Crippen molar-refractivity contribution >= 4 is 49.4 Å². The summed E-state index contributed by atoms with van der Waals surface area (Å²) in [5.74, 6) is -3.08. The zero-order valence-electron chi connectivity index (χ0n) is 24.3. The molecular formula is C29H33N3O8S2. The molecule has 1 N–H and O–H groups in total. The van der Waals surface area contributed by atoms with Gasteiger partial charge >= 0.3 is 11.9 Å². The number of hydrogen-bond acceptors (Lipinski definition) is 10. The van der Waals surface area contributed by atoms with Crippen LogP contribution >= 0.6 is 11.3 Å². The van der Waals surface area contributed by atoms with E-state index in [0.717, 1.165) is 23.2 Å². The molecule has 0 radical (unpaired) electrons. The van der Waals surface area contributed by atoms with Gasteiger partial charge in [0.05, 0.1) is 28.5 Å². The number of fused-ring (bicyclic) bond motifs is 2. The number of imidazole rings is 1. The molecule has 13 heteroatoms. The topological polar surface area (TPSA) is 145 Å². The van der Waals surface area contributed by atoms with Crippen molar-refractivity contribution in [3.8, 4) is 0 Å². The lowest BCUT2D eigenvalue weighted by Crippen LogP contribution is -2.63. The van der Waals surface area contributed by atoms with Gasteiger partial charge in [0.15, 0.2) is 14.9 Å². The number of sulfone groups is 1. The summed E-state index contributed by atoms with van der Waals surface area (Å²) in [4.78, 5) is 45.7. The van der Waals surface area contributed by atoms with Crippen molar-refractivity contribution in [3.63, 3.8) is 0 Å². The number of esters is 2. The van der Waals surface area contributed by atoms with Crippen LogP contribution < -0.4 is 0 Å². The molecule has 11 nitrogen and oxygen atoms in total. The SMILES string of the molecule is CC(OC(=O)C1=C(c2cn3cnc(S(C)(=O)=O)c3s2)[C@H](C)[C@@H]2[C@@H]([C@@H](C)O)C(=O)N12)OC(=O)c1ccc(C(C)(C)C)cc1. The van der Waals surface area contributed by atoms with Crippen molar-refractivity contribution in [1.82, 2.24) is 14.3 Å². The van der Waals surface area contributed by atoms with Gasteiger partial charge in [-0.25, -0.2) is 23.0 Å². The summed E-state index contributed by atoms with van der Waals surface area (Å²) in [5, 5.41) is 10.2. The maximum absolute atomic E-state index is 13.6. The van der Waals surface area contributed by atoms with Gasteiger partial charge in [-0.2, -0.15) is 0 Å². The number of thiazole rings is 1. The quantitative estimate of drug-likeness (QED) is 0.240. The number of carbonyl (C=O) groups excluding carboxylic acids is 3. The Morgan fingerprint density at radius 2 is 1.71 bits per heavy atom. The normalized spacial score (nSPS) is 22.1. The van der Waals surface area contributed by atoms with E-state index in [1.165, 1.54) is 25.1 Å². The molecule has 0 aliphatic carbocycles. The van der Waals surface area contributed by atoms with Crippen molar-refractivity contribution in [1.29, 1.82) is 0 Å². The average Bonchev–Trinajstić information content (AvgIpc) is 3.52. The Morgan fingerprint density at radius 1 is 1.10 bits per heavy atom. The Hall–Kier alpha value is -3.55. The number of hydrogen-bond donors (Lipinski definition) is 1. The summed E-state index contributed by atoms with van der Waals surface area (Å²) in [6.07, 6.45) is 1.87. The average molecular weight is 616 g/mol. The number of aliphatic hydroxyl groups is 1. The molecule has 1 aromatic carbocycles. The molecule has 42 heavy (non-hydrogen) atoms. The molecule has 2 aliphatic heterocycles. The highest BCUT2D eigenvalue weighted by atomic mass is 32.2. The fraction of sp³-hybridized carbons (Fsp3) is 0.448. The standard InChI is InChI=1S/C29H33N3O8S2/c1-14-20(19-12-31-13-30-24(26(31)41-19)42(7,37)38)23(32-22(14)21(15(2)33)25(32)34)28(36)40-16(3)39-27(35)17-8-10-18(11-9-17)29(4,5)6/h8-16,21-22,33H,1-7H3/t14-,15+,16?,21+,22+/m0/s1. The van der Waals surface area contributed by atoms with Crippen LogP contribution in [0.15, 0.2) is 47.5 Å². The van der Waals surface area contributed by atoms with E-state index in [0.29, 0.717) is 20.8 Å². The van der Waals surface area contributed by atoms with Gasteiger partial charge in [0.1, 0.15) is 16.9 Å². The zero-order chi connectivity index (χ0) is 30.9. The number of β-lactam (4-membered cyclic amide) rings is 1. The molecule has 5 rings (SSSR count). The third kappa shape index (κ3) is 5.03. The third-order valence-electron chi connectivity index (χ3n) is 7.69. The minimum absolute atomic E-state index is 0.0230. The molecule has 1 unspecified atom stereocenters. The monoisotopic (exact) mass is 615 g/mol. The third-order valence-corrected chi connectivity index (χ3v) is 9.97. The van der Waals surface area contributed by atoms with E-state index in [-0.39, 0.29) is 22.1 Å². The lowest BCUT2D eigenvalue weighted by molar-refractivity contribution is -0.172. The van der Waals surface area contributed by atoms with E-state index >= 15 is 0 Å². The largest absolute Gasteiger partial charge is 0.422 e. The first-order chi connectivity index (χ1) is 19.5. The van der Waals surface area contributed by atoms with Gasteiger partial charge in [0, 0.05) is 30.9 Å². The van der Waals surface area contributed by atoms with Crippen LogP contribution in [0, 0.1) is 11.8 Å². The highest BCUT2D eigenvalue weighted by Crippen LogP contribution is 2.52. The Balaban J connectivity index is 1.44. The molecule has 2 aromatic heterocycles. The first-order valence-electron chi connectivity index (χ1n) is 13.5. The molecule has 0 saturated carbocycles. The van der Waals surface area contributed by atoms with Gasteiger partial charge in [-0.05, 0) is 30.0 Å². The van der Waals surface area contributed by atoms with E-state index in [4.69, 9.17) is 9.47 Å². The van der Waals surface area contributed by atoms with Crippen molar-refractivity contribution < 1.29 is 37.4 Å². The van der Waals surface area contributed by atoms with E-state index < -0.39 is 52.0 Å². The highest BCUT2D eigenvalue weighted by Gasteiger charge is 2.60. The molecule has 3 aromatic rings. The molecule has 2 aliphatic rings. The van der Waals surface area contributed by atoms with Crippen molar-refractivity contribution in [2.24, 2.45) is 11.8 Å². The van der Waals surface area contributed by atoms with Gasteiger partial charge in [0.2, 0.25) is 12.2 Å². The minimum atomic E-state index is -3.61. The summed E-state index contributed by atoms with van der Waals surface area (Å²) in [5.41, 5.74) is 1.70. The van der Waals surface area contributed by atoms with Crippen LogP contribution in [-0.2, 0) is 34.3 Å². The van der Waals surface area contributed by atoms with Crippen molar-refractivity contribution in [2.45, 2.75) is 70.4 Å². The van der Waals surface area contributed by atoms with Crippen LogP contribution in [0.25, 0.3) is 10.4 Å². The van der Waals surface area contributed by atoms with Crippen LogP contribution in [0.4, 0.5) is 0 Å². The Bertz CT molecular complexity index is 1730. The molecule has 0 spiro atoms.